The zero-order chi connectivity index (χ0) is 29.8. The summed E-state index contributed by atoms with van der Waals surface area (Å²) in [5.74, 6) is -1.31. The molecule has 0 rings (SSSR count). The van der Waals surface area contributed by atoms with Gasteiger partial charge in [0.1, 0.15) is 0 Å². The molecule has 41 heavy (non-hydrogen) atoms. The summed E-state index contributed by atoms with van der Waals surface area (Å²) in [6, 6.07) is 0. The Hall–Kier alpha value is -0.177. The van der Waals surface area contributed by atoms with Crippen molar-refractivity contribution in [2.75, 3.05) is 0 Å². The summed E-state index contributed by atoms with van der Waals surface area (Å²) in [5, 5.41) is 17.0. The minimum Gasteiger partial charge on any atom is -0.481 e. The summed E-state index contributed by atoms with van der Waals surface area (Å²) in [4.78, 5) is 20.7. The van der Waals surface area contributed by atoms with E-state index in [-0.39, 0.29) is 26.2 Å². The van der Waals surface area contributed by atoms with E-state index in [1.165, 1.54) is 167 Å². The summed E-state index contributed by atoms with van der Waals surface area (Å²) in [6.45, 7) is 4.54. The van der Waals surface area contributed by atoms with Gasteiger partial charge in [-0.1, -0.05) is 194 Å². The molecule has 0 aromatic carbocycles. The molecule has 0 saturated heterocycles. The van der Waals surface area contributed by atoms with Crippen molar-refractivity contribution in [2.45, 2.75) is 219 Å². The molecule has 0 unspecified atom stereocenters. The van der Waals surface area contributed by atoms with Gasteiger partial charge in [0.2, 0.25) is 0 Å². The van der Waals surface area contributed by atoms with Gasteiger partial charge in [0.15, 0.2) is 0 Å². The quantitative estimate of drug-likeness (QED) is 0.0705. The predicted octanol–water partition coefficient (Wildman–Crippen LogP) is 12.7. The van der Waals surface area contributed by atoms with Crippen molar-refractivity contribution in [1.82, 2.24) is 0 Å². The number of carboxylic acid groups (broad SMARTS) is 2. The number of carboxylic acids is 2. The van der Waals surface area contributed by atoms with Gasteiger partial charge in [-0.2, -0.15) is 0 Å². The maximum absolute atomic E-state index is 10.3. The molecule has 0 aromatic rings. The van der Waals surface area contributed by atoms with Crippen LogP contribution in [0.5, 0.6) is 0 Å². The zero-order valence-electron chi connectivity index (χ0n) is 27.8. The molecule has 0 radical (unpaired) electrons. The van der Waals surface area contributed by atoms with E-state index in [9.17, 15) is 9.59 Å². The SMILES string of the molecule is CCCCCCCCCCCCCCCCCC(=O)O.CCCCCCCCCCCCCCCCCC(=O)O.[Zr]. The minimum atomic E-state index is -0.653. The molecule has 0 aromatic heterocycles. The van der Waals surface area contributed by atoms with Crippen LogP contribution < -0.4 is 0 Å². The van der Waals surface area contributed by atoms with Crippen LogP contribution in [0.1, 0.15) is 219 Å². The average molecular weight is 660 g/mol. The monoisotopic (exact) mass is 658 g/mol. The molecular weight excluding hydrogens is 588 g/mol. The Bertz CT molecular complexity index is 454. The molecule has 0 heterocycles. The maximum Gasteiger partial charge on any atom is 0.303 e. The molecule has 0 bridgehead atoms. The fraction of sp³-hybridized carbons (Fsp3) is 0.944. The molecule has 0 saturated carbocycles. The van der Waals surface area contributed by atoms with Crippen molar-refractivity contribution >= 4 is 11.9 Å². The number of unbranched alkanes of at least 4 members (excludes halogenated alkanes) is 28. The van der Waals surface area contributed by atoms with Crippen molar-refractivity contribution in [3.63, 3.8) is 0 Å². The fourth-order valence-corrected chi connectivity index (χ4v) is 5.30. The van der Waals surface area contributed by atoms with E-state index in [2.05, 4.69) is 13.8 Å². The Balaban J connectivity index is -0.000000688. The first-order valence-electron chi connectivity index (χ1n) is 18.0. The van der Waals surface area contributed by atoms with E-state index >= 15 is 0 Å². The van der Waals surface area contributed by atoms with Gasteiger partial charge >= 0.3 is 11.9 Å². The van der Waals surface area contributed by atoms with Crippen LogP contribution >= 0.6 is 0 Å². The summed E-state index contributed by atoms with van der Waals surface area (Å²) >= 11 is 0. The van der Waals surface area contributed by atoms with E-state index in [1.54, 1.807) is 0 Å². The third kappa shape index (κ3) is 49.8. The molecule has 0 amide bonds. The van der Waals surface area contributed by atoms with Gasteiger partial charge in [-0.25, -0.2) is 0 Å². The molecule has 244 valence electrons. The molecule has 5 heteroatoms. The van der Waals surface area contributed by atoms with Crippen molar-refractivity contribution in [3.05, 3.63) is 0 Å². The standard InChI is InChI=1S/2C18H36O2.Zr/c2*1-2-3-4-5-6-7-8-9-10-11-12-13-14-15-16-17-18(19)20;/h2*2-17H2,1H3,(H,19,20);. The molecule has 4 nitrogen and oxygen atoms in total. The number of rotatable bonds is 32. The van der Waals surface area contributed by atoms with E-state index in [4.69, 9.17) is 10.2 Å². The van der Waals surface area contributed by atoms with Gasteiger partial charge in [-0.3, -0.25) is 9.59 Å². The molecule has 0 atom stereocenters. The second-order valence-corrected chi connectivity index (χ2v) is 12.2. The molecule has 0 fully saturated rings. The Kier molecular flexibility index (Phi) is 46.3. The van der Waals surface area contributed by atoms with Crippen LogP contribution in [-0.4, -0.2) is 22.2 Å². The summed E-state index contributed by atoms with van der Waals surface area (Å²) in [7, 11) is 0. The number of carbonyl (C=O) groups is 2. The Morgan fingerprint density at radius 2 is 0.463 bits per heavy atom. The third-order valence-corrected chi connectivity index (χ3v) is 7.99. The van der Waals surface area contributed by atoms with Crippen molar-refractivity contribution < 1.29 is 46.0 Å². The summed E-state index contributed by atoms with van der Waals surface area (Å²) < 4.78 is 0. The van der Waals surface area contributed by atoms with Crippen LogP contribution in [0.2, 0.25) is 0 Å². The van der Waals surface area contributed by atoms with Gasteiger partial charge in [0.05, 0.1) is 0 Å². The summed E-state index contributed by atoms with van der Waals surface area (Å²) in [5.41, 5.74) is 0. The van der Waals surface area contributed by atoms with Crippen LogP contribution in [-0.2, 0) is 35.8 Å². The molecule has 0 spiro atoms. The second kappa shape index (κ2) is 42.0. The van der Waals surface area contributed by atoms with Crippen molar-refractivity contribution in [2.24, 2.45) is 0 Å². The van der Waals surface area contributed by atoms with E-state index in [0.29, 0.717) is 12.8 Å². The van der Waals surface area contributed by atoms with Crippen LogP contribution in [0, 0.1) is 0 Å². The smallest absolute Gasteiger partial charge is 0.303 e. The first-order valence-corrected chi connectivity index (χ1v) is 18.0. The molecular formula is C36H72O4Zr. The topological polar surface area (TPSA) is 74.6 Å². The van der Waals surface area contributed by atoms with E-state index in [0.717, 1.165) is 25.7 Å². The molecule has 0 aliphatic carbocycles. The number of hydrogen-bond donors (Lipinski definition) is 2. The first-order chi connectivity index (χ1) is 19.5. The van der Waals surface area contributed by atoms with Gasteiger partial charge in [0, 0.05) is 39.0 Å². The van der Waals surface area contributed by atoms with Crippen LogP contribution in [0.4, 0.5) is 0 Å². The van der Waals surface area contributed by atoms with Gasteiger partial charge in [-0.05, 0) is 12.8 Å². The van der Waals surface area contributed by atoms with Crippen LogP contribution in [0.25, 0.3) is 0 Å². The minimum absolute atomic E-state index is 0. The van der Waals surface area contributed by atoms with Gasteiger partial charge < -0.3 is 10.2 Å². The van der Waals surface area contributed by atoms with E-state index < -0.39 is 11.9 Å². The normalized spacial score (nSPS) is 10.6. The largest absolute Gasteiger partial charge is 0.481 e. The van der Waals surface area contributed by atoms with Crippen LogP contribution in [0.15, 0.2) is 0 Å². The first kappa shape index (κ1) is 45.3. The van der Waals surface area contributed by atoms with Gasteiger partial charge in [-0.15, -0.1) is 0 Å². The molecule has 0 aliphatic rings. The maximum atomic E-state index is 10.3. The van der Waals surface area contributed by atoms with Crippen molar-refractivity contribution in [3.8, 4) is 0 Å². The number of hydrogen-bond acceptors (Lipinski definition) is 2. The predicted molar refractivity (Wildman–Crippen MR) is 174 cm³/mol. The Morgan fingerprint density at radius 3 is 0.610 bits per heavy atom. The average Bonchev–Trinajstić information content (AvgIpc) is 2.93. The molecule has 0 aliphatic heterocycles. The number of aliphatic carboxylic acids is 2. The zero-order valence-corrected chi connectivity index (χ0v) is 30.3. The summed E-state index contributed by atoms with van der Waals surface area (Å²) in [6.07, 6.45) is 40.4. The van der Waals surface area contributed by atoms with Gasteiger partial charge in [0.25, 0.3) is 0 Å². The fourth-order valence-electron chi connectivity index (χ4n) is 5.30. The third-order valence-electron chi connectivity index (χ3n) is 7.99. The Labute approximate surface area is 276 Å². The van der Waals surface area contributed by atoms with Crippen LogP contribution in [0.3, 0.4) is 0 Å². The van der Waals surface area contributed by atoms with E-state index in [1.807, 2.05) is 0 Å². The van der Waals surface area contributed by atoms with Crippen molar-refractivity contribution in [1.29, 1.82) is 0 Å². The Morgan fingerprint density at radius 1 is 0.317 bits per heavy atom. The second-order valence-electron chi connectivity index (χ2n) is 12.2. The molecule has 2 N–H and O–H groups in total.